The number of benzene rings is 3. The van der Waals surface area contributed by atoms with E-state index in [1.54, 1.807) is 12.3 Å². The summed E-state index contributed by atoms with van der Waals surface area (Å²) < 4.78 is 5.59. The van der Waals surface area contributed by atoms with E-state index in [1.165, 1.54) is 32.5 Å². The molecule has 0 radical (unpaired) electrons. The van der Waals surface area contributed by atoms with Gasteiger partial charge in [0.1, 0.15) is 5.75 Å². The molecule has 0 saturated carbocycles. The summed E-state index contributed by atoms with van der Waals surface area (Å²) in [6, 6.07) is 28.0. The molecule has 40 heavy (non-hydrogen) atoms. The van der Waals surface area contributed by atoms with Crippen molar-refractivity contribution in [2.24, 2.45) is 0 Å². The standard InChI is InChI=1S/C37H35NOSi/c1-39-29-21-23-32(24-22-29)40(30-15-7-3-8-16-30,31-17-9-4-10-18-31)33-25-26-37-35(27-33)34-19-11-12-20-36(34)38(37)28-13-5-2-6-14-28/h3-5,7-9,11-17,19-27,34,36H,2,6,10,18H2,1H3. The van der Waals surface area contributed by atoms with Crippen molar-refractivity contribution in [2.75, 3.05) is 12.0 Å². The normalized spacial score (nSPS) is 22.3. The molecule has 2 nitrogen and oxygen atoms in total. The largest absolute Gasteiger partial charge is 0.497 e. The first-order chi connectivity index (χ1) is 19.8. The molecule has 0 N–H and O–H groups in total. The van der Waals surface area contributed by atoms with Gasteiger partial charge in [-0.1, -0.05) is 114 Å². The summed E-state index contributed by atoms with van der Waals surface area (Å²) in [5, 5.41) is 5.87. The molecule has 1 aliphatic heterocycles. The third kappa shape index (κ3) is 3.99. The minimum atomic E-state index is -2.55. The maximum absolute atomic E-state index is 5.59. The molecule has 0 bridgehead atoms. The van der Waals surface area contributed by atoms with Gasteiger partial charge in [0.25, 0.3) is 0 Å². The van der Waals surface area contributed by atoms with Crippen molar-refractivity contribution in [1.29, 1.82) is 0 Å². The van der Waals surface area contributed by atoms with Crippen LogP contribution in [0.3, 0.4) is 0 Å². The van der Waals surface area contributed by atoms with E-state index in [0.717, 1.165) is 31.4 Å². The highest BCUT2D eigenvalue weighted by atomic mass is 28.3. The number of nitrogens with zero attached hydrogens (tertiary/aromatic N) is 1. The fraction of sp³-hybridized carbons (Fsp3) is 0.189. The molecule has 0 saturated heterocycles. The first kappa shape index (κ1) is 24.9. The summed E-state index contributed by atoms with van der Waals surface area (Å²) in [5.74, 6) is 1.24. The van der Waals surface area contributed by atoms with Crippen molar-refractivity contribution < 1.29 is 4.74 Å². The van der Waals surface area contributed by atoms with Gasteiger partial charge in [-0.15, -0.1) is 0 Å². The molecule has 0 spiro atoms. The van der Waals surface area contributed by atoms with E-state index < -0.39 is 8.07 Å². The van der Waals surface area contributed by atoms with E-state index in [-0.39, 0.29) is 0 Å². The first-order valence-corrected chi connectivity index (χ1v) is 16.5. The van der Waals surface area contributed by atoms with Crippen LogP contribution in [-0.2, 0) is 0 Å². The molecular formula is C37H35NOSi. The van der Waals surface area contributed by atoms with Crippen LogP contribution < -0.4 is 25.2 Å². The lowest BCUT2D eigenvalue weighted by atomic mass is 9.91. The Labute approximate surface area is 239 Å². The lowest BCUT2D eigenvalue weighted by Gasteiger charge is -2.37. The zero-order chi connectivity index (χ0) is 26.9. The van der Waals surface area contributed by atoms with E-state index >= 15 is 0 Å². The lowest BCUT2D eigenvalue weighted by Crippen LogP contribution is -2.68. The third-order valence-electron chi connectivity index (χ3n) is 8.96. The minimum Gasteiger partial charge on any atom is -0.497 e. The van der Waals surface area contributed by atoms with Gasteiger partial charge in [-0.25, -0.2) is 0 Å². The molecule has 3 heteroatoms. The van der Waals surface area contributed by atoms with E-state index in [1.807, 2.05) is 0 Å². The summed E-state index contributed by atoms with van der Waals surface area (Å²) in [5.41, 5.74) is 4.11. The highest BCUT2D eigenvalue weighted by molar-refractivity contribution is 7.16. The molecule has 0 aromatic heterocycles. The van der Waals surface area contributed by atoms with Crippen LogP contribution >= 0.6 is 0 Å². The van der Waals surface area contributed by atoms with Crippen molar-refractivity contribution in [3.05, 3.63) is 150 Å². The van der Waals surface area contributed by atoms with Gasteiger partial charge >= 0.3 is 0 Å². The Morgan fingerprint density at radius 3 is 2.33 bits per heavy atom. The number of hydrogen-bond acceptors (Lipinski definition) is 2. The highest BCUT2D eigenvalue weighted by Gasteiger charge is 2.45. The molecule has 3 unspecified atom stereocenters. The Bertz CT molecular complexity index is 1590. The van der Waals surface area contributed by atoms with E-state index in [2.05, 4.69) is 138 Å². The van der Waals surface area contributed by atoms with Crippen LogP contribution in [0.15, 0.2) is 144 Å². The number of anilines is 1. The van der Waals surface area contributed by atoms with Crippen LogP contribution in [0.25, 0.3) is 0 Å². The fourth-order valence-electron chi connectivity index (χ4n) is 7.15. The van der Waals surface area contributed by atoms with Crippen molar-refractivity contribution in [3.8, 4) is 5.75 Å². The average Bonchev–Trinajstić information content (AvgIpc) is 3.37. The molecule has 3 aromatic rings. The van der Waals surface area contributed by atoms with Gasteiger partial charge in [0, 0.05) is 17.3 Å². The quantitative estimate of drug-likeness (QED) is 0.259. The minimum absolute atomic E-state index is 0.315. The Morgan fingerprint density at radius 1 is 0.775 bits per heavy atom. The van der Waals surface area contributed by atoms with Gasteiger partial charge in [-0.2, -0.15) is 0 Å². The monoisotopic (exact) mass is 537 g/mol. The maximum Gasteiger partial charge on any atom is 0.175 e. The number of hydrogen-bond donors (Lipinski definition) is 0. The predicted octanol–water partition coefficient (Wildman–Crippen LogP) is 6.61. The zero-order valence-electron chi connectivity index (χ0n) is 23.0. The molecule has 7 rings (SSSR count). The fourth-order valence-corrected chi connectivity index (χ4v) is 12.2. The summed E-state index contributed by atoms with van der Waals surface area (Å²) in [4.78, 5) is 2.57. The van der Waals surface area contributed by atoms with Gasteiger partial charge in [0.05, 0.1) is 13.2 Å². The van der Waals surface area contributed by atoms with Gasteiger partial charge in [0.15, 0.2) is 8.07 Å². The second kappa shape index (κ2) is 10.5. The van der Waals surface area contributed by atoms with Gasteiger partial charge in [-0.05, 0) is 71.1 Å². The lowest BCUT2D eigenvalue weighted by molar-refractivity contribution is 0.415. The molecule has 198 valence electrons. The number of rotatable bonds is 6. The summed E-state index contributed by atoms with van der Waals surface area (Å²) in [6.45, 7) is 0. The summed E-state index contributed by atoms with van der Waals surface area (Å²) >= 11 is 0. The second-order valence-electron chi connectivity index (χ2n) is 11.0. The van der Waals surface area contributed by atoms with Crippen LogP contribution in [0, 0.1) is 0 Å². The molecule has 3 atom stereocenters. The van der Waals surface area contributed by atoms with Gasteiger partial charge < -0.3 is 9.64 Å². The van der Waals surface area contributed by atoms with E-state index in [0.29, 0.717) is 12.0 Å². The molecule has 4 aliphatic rings. The Morgan fingerprint density at radius 2 is 1.57 bits per heavy atom. The average molecular weight is 538 g/mol. The molecule has 0 amide bonds. The number of ether oxygens (including phenoxy) is 1. The molecule has 3 aliphatic carbocycles. The Hall–Kier alpha value is -4.08. The van der Waals surface area contributed by atoms with E-state index in [9.17, 15) is 0 Å². The van der Waals surface area contributed by atoms with Gasteiger partial charge in [-0.3, -0.25) is 0 Å². The van der Waals surface area contributed by atoms with Crippen LogP contribution in [-0.4, -0.2) is 21.2 Å². The first-order valence-electron chi connectivity index (χ1n) is 14.5. The van der Waals surface area contributed by atoms with Gasteiger partial charge in [0.2, 0.25) is 0 Å². The Kier molecular flexibility index (Phi) is 6.53. The number of fused-ring (bicyclic) bond motifs is 3. The van der Waals surface area contributed by atoms with Crippen LogP contribution in [0.5, 0.6) is 5.75 Å². The summed E-state index contributed by atoms with van der Waals surface area (Å²) in [7, 11) is -0.807. The smallest absolute Gasteiger partial charge is 0.175 e. The van der Waals surface area contributed by atoms with Crippen molar-refractivity contribution >= 4 is 29.3 Å². The van der Waals surface area contributed by atoms with Crippen molar-refractivity contribution in [1.82, 2.24) is 0 Å². The Balaban J connectivity index is 1.48. The topological polar surface area (TPSA) is 12.5 Å². The maximum atomic E-state index is 5.59. The predicted molar refractivity (Wildman–Crippen MR) is 171 cm³/mol. The van der Waals surface area contributed by atoms with Crippen molar-refractivity contribution in [3.63, 3.8) is 0 Å². The highest BCUT2D eigenvalue weighted by Crippen LogP contribution is 2.46. The number of allylic oxidation sites excluding steroid dienone is 9. The van der Waals surface area contributed by atoms with Crippen LogP contribution in [0.4, 0.5) is 5.69 Å². The van der Waals surface area contributed by atoms with Crippen LogP contribution in [0.2, 0.25) is 0 Å². The molecule has 0 fully saturated rings. The van der Waals surface area contributed by atoms with Crippen molar-refractivity contribution in [2.45, 2.75) is 37.6 Å². The third-order valence-corrected chi connectivity index (χ3v) is 13.9. The number of methoxy groups -OCH3 is 1. The van der Waals surface area contributed by atoms with E-state index in [4.69, 9.17) is 4.74 Å². The second-order valence-corrected chi connectivity index (χ2v) is 14.9. The molecule has 1 heterocycles. The SMILES string of the molecule is COc1ccc([Si](C2=CC=CCC2)(c2ccccc2)c2ccc3c(c2)C2C=CC=CC2N3C2=CCCC=C2)cc1. The zero-order valence-corrected chi connectivity index (χ0v) is 24.0. The van der Waals surface area contributed by atoms with Crippen LogP contribution in [0.1, 0.15) is 37.2 Å². The molecule has 3 aromatic carbocycles. The molecular weight excluding hydrogens is 502 g/mol. The summed E-state index contributed by atoms with van der Waals surface area (Å²) in [6.07, 6.45) is 27.7.